The number of aryl methyl sites for hydroxylation is 1. The summed E-state index contributed by atoms with van der Waals surface area (Å²) in [5.41, 5.74) is 3.11. The lowest BCUT2D eigenvalue weighted by molar-refractivity contribution is -0.0355. The Labute approximate surface area is 208 Å². The molecule has 1 spiro atoms. The fourth-order valence-corrected chi connectivity index (χ4v) is 4.86. The number of amides is 2. The van der Waals surface area contributed by atoms with Gasteiger partial charge in [-0.2, -0.15) is 0 Å². The number of halogens is 2. The van der Waals surface area contributed by atoms with Gasteiger partial charge < -0.3 is 18.9 Å². The number of likely N-dealkylation sites (tertiary alicyclic amines) is 1. The average Bonchev–Trinajstić information content (AvgIpc) is 3.44. The van der Waals surface area contributed by atoms with E-state index < -0.39 is 11.6 Å². The zero-order valence-electron chi connectivity index (χ0n) is 20.4. The van der Waals surface area contributed by atoms with Crippen molar-refractivity contribution in [2.24, 2.45) is 0 Å². The van der Waals surface area contributed by atoms with E-state index in [0.717, 1.165) is 42.7 Å². The topological polar surface area (TPSA) is 76.8 Å². The molecular formula is C27H29F2N3O4. The van der Waals surface area contributed by atoms with Crippen molar-refractivity contribution in [1.82, 2.24) is 10.1 Å². The lowest BCUT2D eigenvalue weighted by Crippen LogP contribution is -2.47. The van der Waals surface area contributed by atoms with E-state index in [0.29, 0.717) is 36.9 Å². The van der Waals surface area contributed by atoms with E-state index >= 15 is 0 Å². The monoisotopic (exact) mass is 497 g/mol. The SMILES string of the molecule is Cc1noc(NC(=O)N2CCC3(CC2)C[C@H](c2ccc(OCc4ccc(F)c(F)c4)cc2)CO3)c1C. The zero-order valence-corrected chi connectivity index (χ0v) is 20.4. The van der Waals surface area contributed by atoms with Crippen molar-refractivity contribution in [2.75, 3.05) is 25.0 Å². The lowest BCUT2D eigenvalue weighted by atomic mass is 9.83. The highest BCUT2D eigenvalue weighted by Crippen LogP contribution is 2.43. The molecule has 0 aliphatic carbocycles. The van der Waals surface area contributed by atoms with Gasteiger partial charge >= 0.3 is 6.03 Å². The first-order valence-corrected chi connectivity index (χ1v) is 12.1. The number of benzene rings is 2. The minimum Gasteiger partial charge on any atom is -0.489 e. The first kappa shape index (κ1) is 24.2. The molecule has 3 aromatic rings. The van der Waals surface area contributed by atoms with Gasteiger partial charge in [0.05, 0.1) is 17.9 Å². The number of anilines is 1. The van der Waals surface area contributed by atoms with E-state index in [1.165, 1.54) is 11.6 Å². The molecule has 3 heterocycles. The number of rotatable bonds is 5. The van der Waals surface area contributed by atoms with Crippen molar-refractivity contribution in [3.8, 4) is 5.75 Å². The molecule has 1 atom stereocenters. The first-order valence-electron chi connectivity index (χ1n) is 12.1. The second kappa shape index (κ2) is 9.89. The number of carbonyl (C=O) groups excluding carboxylic acids is 1. The molecule has 1 aromatic heterocycles. The largest absolute Gasteiger partial charge is 0.489 e. The number of hydrogen-bond acceptors (Lipinski definition) is 5. The molecule has 0 radical (unpaired) electrons. The second-order valence-corrected chi connectivity index (χ2v) is 9.64. The number of ether oxygens (including phenoxy) is 2. The summed E-state index contributed by atoms with van der Waals surface area (Å²) in [6, 6.07) is 11.4. The first-order chi connectivity index (χ1) is 17.3. The molecule has 36 heavy (non-hydrogen) atoms. The highest BCUT2D eigenvalue weighted by Gasteiger charge is 2.43. The normalized spacial score (nSPS) is 19.0. The molecule has 2 aromatic carbocycles. The Morgan fingerprint density at radius 1 is 1.14 bits per heavy atom. The Morgan fingerprint density at radius 2 is 1.89 bits per heavy atom. The molecule has 2 amide bonds. The summed E-state index contributed by atoms with van der Waals surface area (Å²) in [6.45, 7) is 5.72. The van der Waals surface area contributed by atoms with E-state index in [4.69, 9.17) is 14.0 Å². The van der Waals surface area contributed by atoms with Gasteiger partial charge in [0.25, 0.3) is 0 Å². The van der Waals surface area contributed by atoms with Crippen LogP contribution in [-0.2, 0) is 11.3 Å². The van der Waals surface area contributed by atoms with Gasteiger partial charge in [0.1, 0.15) is 12.4 Å². The summed E-state index contributed by atoms with van der Waals surface area (Å²) in [6.07, 6.45) is 2.46. The maximum Gasteiger partial charge on any atom is 0.324 e. The number of hydrogen-bond donors (Lipinski definition) is 1. The predicted octanol–water partition coefficient (Wildman–Crippen LogP) is 5.72. The van der Waals surface area contributed by atoms with Crippen LogP contribution in [0.15, 0.2) is 47.0 Å². The van der Waals surface area contributed by atoms with Crippen molar-refractivity contribution in [2.45, 2.75) is 51.2 Å². The van der Waals surface area contributed by atoms with Crippen LogP contribution in [0.2, 0.25) is 0 Å². The summed E-state index contributed by atoms with van der Waals surface area (Å²) in [5.74, 6) is -0.426. The summed E-state index contributed by atoms with van der Waals surface area (Å²) < 4.78 is 43.7. The number of aromatic nitrogens is 1. The van der Waals surface area contributed by atoms with Crippen molar-refractivity contribution in [1.29, 1.82) is 0 Å². The van der Waals surface area contributed by atoms with Gasteiger partial charge in [-0.15, -0.1) is 0 Å². The third-order valence-corrected chi connectivity index (χ3v) is 7.29. The van der Waals surface area contributed by atoms with E-state index in [9.17, 15) is 13.6 Å². The van der Waals surface area contributed by atoms with Crippen LogP contribution < -0.4 is 10.1 Å². The van der Waals surface area contributed by atoms with Crippen LogP contribution >= 0.6 is 0 Å². The van der Waals surface area contributed by atoms with Gasteiger partial charge in [0.2, 0.25) is 5.88 Å². The molecule has 7 nitrogen and oxygen atoms in total. The molecule has 0 saturated carbocycles. The van der Waals surface area contributed by atoms with Gasteiger partial charge in [0, 0.05) is 24.6 Å². The van der Waals surface area contributed by atoms with E-state index in [-0.39, 0.29) is 24.2 Å². The van der Waals surface area contributed by atoms with Crippen LogP contribution in [0.1, 0.15) is 47.6 Å². The van der Waals surface area contributed by atoms with Crippen LogP contribution in [0.5, 0.6) is 5.75 Å². The summed E-state index contributed by atoms with van der Waals surface area (Å²) in [5, 5.41) is 6.70. The smallest absolute Gasteiger partial charge is 0.324 e. The maximum atomic E-state index is 13.4. The Kier molecular flexibility index (Phi) is 6.66. The average molecular weight is 498 g/mol. The Hall–Kier alpha value is -3.46. The fourth-order valence-electron chi connectivity index (χ4n) is 4.86. The summed E-state index contributed by atoms with van der Waals surface area (Å²) in [4.78, 5) is 14.5. The molecule has 1 N–H and O–H groups in total. The number of carbonyl (C=O) groups is 1. The van der Waals surface area contributed by atoms with Gasteiger partial charge in [-0.3, -0.25) is 5.32 Å². The Morgan fingerprint density at radius 3 is 2.56 bits per heavy atom. The Balaban J connectivity index is 1.12. The quantitative estimate of drug-likeness (QED) is 0.488. The minimum absolute atomic E-state index is 0.159. The number of nitrogens with zero attached hydrogens (tertiary/aromatic N) is 2. The zero-order chi connectivity index (χ0) is 25.3. The molecule has 2 saturated heterocycles. The van der Waals surface area contributed by atoms with Crippen LogP contribution in [-0.4, -0.2) is 41.4 Å². The molecule has 2 fully saturated rings. The minimum atomic E-state index is -0.881. The van der Waals surface area contributed by atoms with Gasteiger partial charge in [-0.25, -0.2) is 13.6 Å². The van der Waals surface area contributed by atoms with Gasteiger partial charge in [0.15, 0.2) is 11.6 Å². The molecule has 190 valence electrons. The standard InChI is InChI=1S/C27H29F2N3O4/c1-17-18(2)31-36-25(17)30-26(33)32-11-9-27(10-12-32)14-21(16-35-27)20-4-6-22(7-5-20)34-15-19-3-8-23(28)24(29)13-19/h3-8,13,21H,9-12,14-16H2,1-2H3,(H,30,33)/t21-/m0/s1. The number of piperidine rings is 1. The van der Waals surface area contributed by atoms with Gasteiger partial charge in [-0.1, -0.05) is 23.4 Å². The van der Waals surface area contributed by atoms with E-state index in [1.54, 1.807) is 4.90 Å². The summed E-state index contributed by atoms with van der Waals surface area (Å²) >= 11 is 0. The van der Waals surface area contributed by atoms with Crippen molar-refractivity contribution >= 4 is 11.9 Å². The van der Waals surface area contributed by atoms with Crippen molar-refractivity contribution in [3.63, 3.8) is 0 Å². The third-order valence-electron chi connectivity index (χ3n) is 7.29. The van der Waals surface area contributed by atoms with Crippen LogP contribution in [0.3, 0.4) is 0 Å². The number of nitrogens with one attached hydrogen (secondary N) is 1. The van der Waals surface area contributed by atoms with Crippen molar-refractivity contribution < 1.29 is 27.6 Å². The molecule has 2 aliphatic rings. The highest BCUT2D eigenvalue weighted by molar-refractivity contribution is 5.88. The van der Waals surface area contributed by atoms with E-state index in [1.807, 2.05) is 38.1 Å². The van der Waals surface area contributed by atoms with Gasteiger partial charge in [-0.05, 0) is 68.5 Å². The Bertz CT molecular complexity index is 1240. The molecule has 9 heteroatoms. The van der Waals surface area contributed by atoms with Crippen LogP contribution in [0.25, 0.3) is 0 Å². The molecule has 0 unspecified atom stereocenters. The third kappa shape index (κ3) is 5.06. The summed E-state index contributed by atoms with van der Waals surface area (Å²) in [7, 11) is 0. The number of urea groups is 1. The van der Waals surface area contributed by atoms with Crippen LogP contribution in [0, 0.1) is 25.5 Å². The molecule has 2 aliphatic heterocycles. The second-order valence-electron chi connectivity index (χ2n) is 9.64. The maximum absolute atomic E-state index is 13.4. The van der Waals surface area contributed by atoms with Crippen molar-refractivity contribution in [3.05, 3.63) is 76.5 Å². The molecular weight excluding hydrogens is 468 g/mol. The predicted molar refractivity (Wildman–Crippen MR) is 129 cm³/mol. The van der Waals surface area contributed by atoms with E-state index in [2.05, 4.69) is 10.5 Å². The highest BCUT2D eigenvalue weighted by atomic mass is 19.2. The fraction of sp³-hybridized carbons (Fsp3) is 0.407. The lowest BCUT2D eigenvalue weighted by Gasteiger charge is -2.38. The van der Waals surface area contributed by atoms with Crippen LogP contribution in [0.4, 0.5) is 19.5 Å². The molecule has 0 bridgehead atoms. The molecule has 5 rings (SSSR count).